The maximum Gasteiger partial charge on any atom is 0.573 e. The number of aliphatic imine (C=N–C) groups is 1. The SMILES string of the molecule is CCS/C(=N\C(=O)Nc1ccc(CNc2ncn(-c3ccc(OC(F)(F)F)cc3)n2)c(Cl)c1)N(C=O)c1cc(C)ccc1COC. The summed E-state index contributed by atoms with van der Waals surface area (Å²) in [5, 5.41) is 10.5. The summed E-state index contributed by atoms with van der Waals surface area (Å²) < 4.78 is 47.7. The molecule has 0 bridgehead atoms. The molecule has 0 aliphatic rings. The molecular formula is C30H29ClF3N7O4S. The molecule has 0 aliphatic heterocycles. The van der Waals surface area contributed by atoms with E-state index in [1.54, 1.807) is 25.3 Å². The first-order valence-corrected chi connectivity index (χ1v) is 15.0. The molecule has 0 radical (unpaired) electrons. The van der Waals surface area contributed by atoms with Crippen LogP contribution in [0.25, 0.3) is 5.69 Å². The van der Waals surface area contributed by atoms with Crippen LogP contribution in [0.4, 0.5) is 35.3 Å². The first kappa shape index (κ1) is 34.3. The van der Waals surface area contributed by atoms with Gasteiger partial charge in [-0.1, -0.05) is 48.5 Å². The summed E-state index contributed by atoms with van der Waals surface area (Å²) in [5.41, 5.74) is 3.79. The fourth-order valence-electron chi connectivity index (χ4n) is 4.12. The number of carbonyl (C=O) groups is 2. The molecule has 16 heteroatoms. The molecule has 1 aromatic heterocycles. The van der Waals surface area contributed by atoms with Gasteiger partial charge in [-0.05, 0) is 66.3 Å². The number of hydrogen-bond acceptors (Lipinski definition) is 8. The fraction of sp³-hybridized carbons (Fsp3) is 0.233. The molecule has 1 heterocycles. The maximum absolute atomic E-state index is 12.9. The molecule has 242 valence electrons. The van der Waals surface area contributed by atoms with Gasteiger partial charge in [0.2, 0.25) is 12.4 Å². The molecule has 11 nitrogen and oxygen atoms in total. The number of aryl methyl sites for hydroxylation is 1. The minimum atomic E-state index is -4.78. The number of nitrogens with zero attached hydrogens (tertiary/aromatic N) is 5. The molecule has 0 unspecified atom stereocenters. The van der Waals surface area contributed by atoms with Crippen LogP contribution >= 0.6 is 23.4 Å². The number of hydrogen-bond donors (Lipinski definition) is 2. The van der Waals surface area contributed by atoms with Crippen molar-refractivity contribution in [2.75, 3.05) is 28.4 Å². The molecule has 0 saturated heterocycles. The van der Waals surface area contributed by atoms with Crippen molar-refractivity contribution in [2.45, 2.75) is 33.4 Å². The van der Waals surface area contributed by atoms with Crippen LogP contribution in [0.5, 0.6) is 5.75 Å². The summed E-state index contributed by atoms with van der Waals surface area (Å²) in [6.07, 6.45) is -2.77. The van der Waals surface area contributed by atoms with Gasteiger partial charge in [-0.2, -0.15) is 4.99 Å². The van der Waals surface area contributed by atoms with Crippen molar-refractivity contribution in [1.29, 1.82) is 0 Å². The Morgan fingerprint density at radius 3 is 2.52 bits per heavy atom. The Bertz CT molecular complexity index is 1700. The minimum absolute atomic E-state index is 0.197. The first-order valence-electron chi connectivity index (χ1n) is 13.6. The standard InChI is InChI=1S/C30H29ClF3N7O4S/c1-4-46-29(40(18-42)26-13-19(2)5-6-21(26)16-44-3)38-28(43)37-22-8-7-20(25(31)14-22)15-35-27-36-17-41(39-27)23-9-11-24(12-10-23)45-30(32,33)34/h5-14,17-18H,4,15-16H2,1-3H3,(H,35,39)(H,37,43)/b38-29-. The van der Waals surface area contributed by atoms with Gasteiger partial charge in [0.1, 0.15) is 12.1 Å². The van der Waals surface area contributed by atoms with Crippen LogP contribution in [0.3, 0.4) is 0 Å². The molecule has 0 spiro atoms. The van der Waals surface area contributed by atoms with Crippen molar-refractivity contribution in [3.63, 3.8) is 0 Å². The number of amides is 3. The van der Waals surface area contributed by atoms with E-state index in [0.29, 0.717) is 39.8 Å². The van der Waals surface area contributed by atoms with E-state index in [1.165, 1.54) is 51.9 Å². The van der Waals surface area contributed by atoms with Gasteiger partial charge in [-0.15, -0.1) is 18.3 Å². The third-order valence-electron chi connectivity index (χ3n) is 6.15. The van der Waals surface area contributed by atoms with Crippen LogP contribution in [0.1, 0.15) is 23.6 Å². The number of benzene rings is 3. The predicted octanol–water partition coefficient (Wildman–Crippen LogP) is 7.19. The normalized spacial score (nSPS) is 11.7. The lowest BCUT2D eigenvalue weighted by Crippen LogP contribution is -2.30. The maximum atomic E-state index is 12.9. The molecule has 0 fully saturated rings. The summed E-state index contributed by atoms with van der Waals surface area (Å²) in [6.45, 7) is 4.29. The first-order chi connectivity index (χ1) is 22.0. The van der Waals surface area contributed by atoms with Crippen molar-refractivity contribution < 1.29 is 32.2 Å². The largest absolute Gasteiger partial charge is 0.573 e. The van der Waals surface area contributed by atoms with Crippen LogP contribution in [0.15, 0.2) is 72.0 Å². The zero-order valence-corrected chi connectivity index (χ0v) is 26.4. The van der Waals surface area contributed by atoms with Crippen LogP contribution < -0.4 is 20.3 Å². The highest BCUT2D eigenvalue weighted by atomic mass is 35.5. The van der Waals surface area contributed by atoms with Crippen LogP contribution in [-0.4, -0.2) is 51.6 Å². The zero-order chi connectivity index (χ0) is 33.3. The monoisotopic (exact) mass is 675 g/mol. The molecular weight excluding hydrogens is 647 g/mol. The van der Waals surface area contributed by atoms with E-state index in [4.69, 9.17) is 16.3 Å². The number of aromatic nitrogens is 3. The average molecular weight is 676 g/mol. The lowest BCUT2D eigenvalue weighted by molar-refractivity contribution is -0.274. The smallest absolute Gasteiger partial charge is 0.406 e. The van der Waals surface area contributed by atoms with E-state index in [1.807, 2.05) is 32.0 Å². The van der Waals surface area contributed by atoms with Gasteiger partial charge in [0.15, 0.2) is 5.17 Å². The number of alkyl halides is 3. The zero-order valence-electron chi connectivity index (χ0n) is 24.8. The molecule has 3 aromatic carbocycles. The lowest BCUT2D eigenvalue weighted by Gasteiger charge is -2.22. The highest BCUT2D eigenvalue weighted by Gasteiger charge is 2.31. The molecule has 4 rings (SSSR count). The predicted molar refractivity (Wildman–Crippen MR) is 172 cm³/mol. The van der Waals surface area contributed by atoms with Crippen molar-refractivity contribution in [2.24, 2.45) is 4.99 Å². The van der Waals surface area contributed by atoms with E-state index in [2.05, 4.69) is 30.4 Å². The number of methoxy groups -OCH3 is 1. The Morgan fingerprint density at radius 1 is 1.13 bits per heavy atom. The Morgan fingerprint density at radius 2 is 1.87 bits per heavy atom. The van der Waals surface area contributed by atoms with Gasteiger partial charge >= 0.3 is 12.4 Å². The van der Waals surface area contributed by atoms with Gasteiger partial charge < -0.3 is 20.1 Å². The van der Waals surface area contributed by atoms with Gasteiger partial charge in [0.25, 0.3) is 0 Å². The van der Waals surface area contributed by atoms with E-state index >= 15 is 0 Å². The second-order valence-corrected chi connectivity index (χ2v) is 11.2. The third kappa shape index (κ3) is 9.45. The topological polar surface area (TPSA) is 123 Å². The molecule has 0 atom stereocenters. The Hall–Kier alpha value is -4.60. The molecule has 0 aliphatic carbocycles. The molecule has 0 saturated carbocycles. The van der Waals surface area contributed by atoms with Gasteiger partial charge in [0, 0.05) is 29.9 Å². The number of rotatable bonds is 11. The summed E-state index contributed by atoms with van der Waals surface area (Å²) in [5.74, 6) is 0.463. The Labute approximate surface area is 271 Å². The third-order valence-corrected chi connectivity index (χ3v) is 7.34. The lowest BCUT2D eigenvalue weighted by atomic mass is 10.1. The second kappa shape index (κ2) is 15.6. The van der Waals surface area contributed by atoms with Crippen molar-refractivity contribution in [1.82, 2.24) is 14.8 Å². The number of halogens is 4. The summed E-state index contributed by atoms with van der Waals surface area (Å²) in [6, 6.07) is 15.0. The molecule has 3 amide bonds. The van der Waals surface area contributed by atoms with Crippen molar-refractivity contribution >= 4 is 58.3 Å². The fourth-order valence-corrected chi connectivity index (χ4v) is 5.05. The number of urea groups is 1. The number of nitrogens with one attached hydrogen (secondary N) is 2. The van der Waals surface area contributed by atoms with Crippen LogP contribution in [-0.2, 0) is 22.7 Å². The van der Waals surface area contributed by atoms with E-state index in [9.17, 15) is 22.8 Å². The quantitative estimate of drug-likeness (QED) is 0.0973. The average Bonchev–Trinajstić information content (AvgIpc) is 3.47. The highest BCUT2D eigenvalue weighted by molar-refractivity contribution is 8.14. The summed E-state index contributed by atoms with van der Waals surface area (Å²) in [4.78, 5) is 34.8. The highest BCUT2D eigenvalue weighted by Crippen LogP contribution is 2.27. The number of anilines is 3. The second-order valence-electron chi connectivity index (χ2n) is 9.51. The van der Waals surface area contributed by atoms with Crippen molar-refractivity contribution in [3.05, 3.63) is 88.7 Å². The Kier molecular flexibility index (Phi) is 11.6. The number of ether oxygens (including phenoxy) is 2. The molecule has 4 aromatic rings. The number of thioether (sulfide) groups is 1. The summed E-state index contributed by atoms with van der Waals surface area (Å²) in [7, 11) is 1.56. The molecule has 46 heavy (non-hydrogen) atoms. The van der Waals surface area contributed by atoms with Gasteiger partial charge in [0.05, 0.1) is 18.0 Å². The van der Waals surface area contributed by atoms with E-state index in [0.717, 1.165) is 11.1 Å². The minimum Gasteiger partial charge on any atom is -0.406 e. The number of carbonyl (C=O) groups excluding carboxylic acids is 2. The van der Waals surface area contributed by atoms with Crippen molar-refractivity contribution in [3.8, 4) is 11.4 Å². The van der Waals surface area contributed by atoms with Gasteiger partial charge in [-0.3, -0.25) is 9.69 Å². The Balaban J connectivity index is 1.41. The molecule has 2 N–H and O–H groups in total. The van der Waals surface area contributed by atoms with Crippen LogP contribution in [0.2, 0.25) is 5.02 Å². The van der Waals surface area contributed by atoms with E-state index in [-0.39, 0.29) is 30.0 Å². The van der Waals surface area contributed by atoms with Gasteiger partial charge in [-0.25, -0.2) is 14.5 Å². The summed E-state index contributed by atoms with van der Waals surface area (Å²) >= 11 is 7.71. The van der Waals surface area contributed by atoms with E-state index < -0.39 is 12.4 Å². The number of amidine groups is 1. The van der Waals surface area contributed by atoms with Crippen LogP contribution in [0, 0.1) is 6.92 Å².